The molecule has 5 heteroatoms. The van der Waals surface area contributed by atoms with Gasteiger partial charge in [-0.25, -0.2) is 0 Å². The van der Waals surface area contributed by atoms with E-state index in [1.165, 1.54) is 0 Å². The highest BCUT2D eigenvalue weighted by molar-refractivity contribution is 6.03. The van der Waals surface area contributed by atoms with Gasteiger partial charge in [-0.05, 0) is 23.8 Å². The molecule has 0 radical (unpaired) electrons. The Balaban J connectivity index is 1.20. The van der Waals surface area contributed by atoms with Crippen molar-refractivity contribution in [3.8, 4) is 0 Å². The van der Waals surface area contributed by atoms with Crippen molar-refractivity contribution in [1.82, 2.24) is 15.2 Å². The van der Waals surface area contributed by atoms with E-state index in [1.807, 2.05) is 23.1 Å². The van der Waals surface area contributed by atoms with Gasteiger partial charge in [0.05, 0.1) is 11.1 Å². The summed E-state index contributed by atoms with van der Waals surface area (Å²) in [5, 5.41) is 4.65. The van der Waals surface area contributed by atoms with Gasteiger partial charge in [-0.3, -0.25) is 9.78 Å². The number of amides is 1. The predicted octanol–water partition coefficient (Wildman–Crippen LogP) is 2.84. The Labute approximate surface area is 170 Å². The van der Waals surface area contributed by atoms with Gasteiger partial charge in [0.2, 0.25) is 0 Å². The fourth-order valence-corrected chi connectivity index (χ4v) is 4.99. The molecule has 3 aliphatic rings. The molecule has 6 rings (SSSR count). The Morgan fingerprint density at radius 2 is 1.97 bits per heavy atom. The van der Waals surface area contributed by atoms with E-state index in [0.717, 1.165) is 65.4 Å². The quantitative estimate of drug-likeness (QED) is 0.752. The summed E-state index contributed by atoms with van der Waals surface area (Å²) < 4.78 is 0. The van der Waals surface area contributed by atoms with Crippen molar-refractivity contribution >= 4 is 22.5 Å². The lowest BCUT2D eigenvalue weighted by Gasteiger charge is -2.29. The lowest BCUT2D eigenvalue weighted by molar-refractivity contribution is 0.0780. The van der Waals surface area contributed by atoms with Crippen LogP contribution in [-0.4, -0.2) is 48.0 Å². The van der Waals surface area contributed by atoms with Crippen LogP contribution in [0.3, 0.4) is 0 Å². The highest BCUT2D eigenvalue weighted by atomic mass is 16.2. The molecule has 3 aromatic rings. The Hall–Kier alpha value is -2.92. The zero-order valence-corrected chi connectivity index (χ0v) is 16.3. The van der Waals surface area contributed by atoms with Crippen LogP contribution >= 0.6 is 0 Å². The van der Waals surface area contributed by atoms with E-state index in [-0.39, 0.29) is 5.91 Å². The SMILES string of the molecule is O=C1c2c(cccc2N2C[C@@H]3CN[C@@H]3C2)CN1CCc1ccc2ccccc2n1. The van der Waals surface area contributed by atoms with Crippen LogP contribution in [-0.2, 0) is 13.0 Å². The van der Waals surface area contributed by atoms with Crippen LogP contribution in [0.15, 0.2) is 54.6 Å². The van der Waals surface area contributed by atoms with Gasteiger partial charge >= 0.3 is 0 Å². The van der Waals surface area contributed by atoms with E-state index in [4.69, 9.17) is 4.98 Å². The lowest BCUT2D eigenvalue weighted by Crippen LogP contribution is -2.51. The standard InChI is InChI=1S/C24H24N4O/c29-24-23-17(5-3-7-22(23)28-14-18-12-25-21(18)15-28)13-27(24)11-10-19-9-8-16-4-1-2-6-20(16)26-19/h1-9,18,21,25H,10-15H2/t18-,21+/m0/s1. The second kappa shape index (κ2) is 6.56. The van der Waals surface area contributed by atoms with Crippen LogP contribution in [0.2, 0.25) is 0 Å². The van der Waals surface area contributed by atoms with Crippen LogP contribution in [0.25, 0.3) is 10.9 Å². The number of rotatable bonds is 4. The van der Waals surface area contributed by atoms with Gasteiger partial charge in [0, 0.05) is 67.9 Å². The maximum Gasteiger partial charge on any atom is 0.256 e. The van der Waals surface area contributed by atoms with Crippen LogP contribution in [0.1, 0.15) is 21.6 Å². The third-order valence-electron chi connectivity index (χ3n) is 6.71. The molecule has 2 fully saturated rings. The van der Waals surface area contributed by atoms with Gasteiger partial charge in [0.1, 0.15) is 0 Å². The monoisotopic (exact) mass is 384 g/mol. The molecule has 2 aromatic carbocycles. The van der Waals surface area contributed by atoms with Gasteiger partial charge in [0.25, 0.3) is 5.91 Å². The van der Waals surface area contributed by atoms with Gasteiger partial charge in [-0.1, -0.05) is 36.4 Å². The van der Waals surface area contributed by atoms with Crippen LogP contribution in [0.5, 0.6) is 0 Å². The molecular formula is C24H24N4O. The number of anilines is 1. The summed E-state index contributed by atoms with van der Waals surface area (Å²) in [7, 11) is 0. The zero-order chi connectivity index (χ0) is 19.4. The second-order valence-electron chi connectivity index (χ2n) is 8.46. The summed E-state index contributed by atoms with van der Waals surface area (Å²) in [5.74, 6) is 0.904. The number of carbonyl (C=O) groups excluding carboxylic acids is 1. The summed E-state index contributed by atoms with van der Waals surface area (Å²) >= 11 is 0. The molecule has 5 nitrogen and oxygen atoms in total. The minimum absolute atomic E-state index is 0.170. The average molecular weight is 384 g/mol. The minimum Gasteiger partial charge on any atom is -0.369 e. The number of para-hydroxylation sites is 1. The third kappa shape index (κ3) is 2.80. The van der Waals surface area contributed by atoms with Crippen LogP contribution in [0, 0.1) is 5.92 Å². The Morgan fingerprint density at radius 3 is 2.79 bits per heavy atom. The molecule has 3 aliphatic heterocycles. The molecule has 1 N–H and O–H groups in total. The molecule has 0 saturated carbocycles. The Bertz CT molecular complexity index is 1100. The van der Waals surface area contributed by atoms with Crippen molar-refractivity contribution in [2.75, 3.05) is 31.1 Å². The number of carbonyl (C=O) groups is 1. The number of nitrogens with one attached hydrogen (secondary N) is 1. The Kier molecular flexibility index (Phi) is 3.84. The number of benzene rings is 2. The molecule has 1 aromatic heterocycles. The number of pyridine rings is 1. The second-order valence-corrected chi connectivity index (χ2v) is 8.46. The highest BCUT2D eigenvalue weighted by Gasteiger charge is 2.41. The fourth-order valence-electron chi connectivity index (χ4n) is 4.99. The number of hydrogen-bond donors (Lipinski definition) is 1. The van der Waals surface area contributed by atoms with E-state index in [9.17, 15) is 4.79 Å². The molecule has 29 heavy (non-hydrogen) atoms. The first kappa shape index (κ1) is 17.0. The number of nitrogens with zero attached hydrogens (tertiary/aromatic N) is 3. The number of fused-ring (bicyclic) bond motifs is 3. The average Bonchev–Trinajstić information content (AvgIpc) is 3.22. The number of aromatic nitrogens is 1. The molecule has 0 bridgehead atoms. The van der Waals surface area contributed by atoms with Gasteiger partial charge < -0.3 is 15.1 Å². The lowest BCUT2D eigenvalue weighted by atomic mass is 9.96. The summed E-state index contributed by atoms with van der Waals surface area (Å²) in [4.78, 5) is 22.4. The van der Waals surface area contributed by atoms with Gasteiger partial charge in [-0.2, -0.15) is 0 Å². The van der Waals surface area contributed by atoms with E-state index in [0.29, 0.717) is 19.1 Å². The van der Waals surface area contributed by atoms with Crippen molar-refractivity contribution in [1.29, 1.82) is 0 Å². The zero-order valence-electron chi connectivity index (χ0n) is 16.3. The van der Waals surface area contributed by atoms with Gasteiger partial charge in [0.15, 0.2) is 0 Å². The van der Waals surface area contributed by atoms with Crippen LogP contribution < -0.4 is 10.2 Å². The van der Waals surface area contributed by atoms with E-state index in [1.54, 1.807) is 0 Å². The molecule has 4 heterocycles. The molecule has 2 saturated heterocycles. The molecule has 0 aliphatic carbocycles. The van der Waals surface area contributed by atoms with E-state index in [2.05, 4.69) is 46.6 Å². The summed E-state index contributed by atoms with van der Waals surface area (Å²) in [6.45, 7) is 4.58. The summed E-state index contributed by atoms with van der Waals surface area (Å²) in [6, 6.07) is 19.3. The summed E-state index contributed by atoms with van der Waals surface area (Å²) in [6.07, 6.45) is 0.775. The normalized spacial score (nSPS) is 22.7. The molecule has 0 unspecified atom stereocenters. The first-order chi connectivity index (χ1) is 14.3. The summed E-state index contributed by atoms with van der Waals surface area (Å²) in [5.41, 5.74) is 5.25. The first-order valence-corrected chi connectivity index (χ1v) is 10.5. The first-order valence-electron chi connectivity index (χ1n) is 10.5. The topological polar surface area (TPSA) is 48.5 Å². The van der Waals surface area contributed by atoms with Crippen molar-refractivity contribution in [2.24, 2.45) is 5.92 Å². The van der Waals surface area contributed by atoms with Gasteiger partial charge in [-0.15, -0.1) is 0 Å². The van der Waals surface area contributed by atoms with Crippen LogP contribution in [0.4, 0.5) is 5.69 Å². The van der Waals surface area contributed by atoms with E-state index >= 15 is 0 Å². The molecule has 1 amide bonds. The van der Waals surface area contributed by atoms with E-state index < -0.39 is 0 Å². The third-order valence-corrected chi connectivity index (χ3v) is 6.71. The maximum atomic E-state index is 13.2. The van der Waals surface area contributed by atoms with Crippen molar-refractivity contribution in [2.45, 2.75) is 19.0 Å². The Morgan fingerprint density at radius 1 is 1.03 bits per heavy atom. The molecular weight excluding hydrogens is 360 g/mol. The maximum absolute atomic E-state index is 13.2. The highest BCUT2D eigenvalue weighted by Crippen LogP contribution is 2.36. The molecule has 0 spiro atoms. The minimum atomic E-state index is 0.170. The number of hydrogen-bond acceptors (Lipinski definition) is 4. The largest absolute Gasteiger partial charge is 0.369 e. The molecule has 2 atom stereocenters. The molecule has 146 valence electrons. The van der Waals surface area contributed by atoms with Crippen molar-refractivity contribution in [3.63, 3.8) is 0 Å². The van der Waals surface area contributed by atoms with Crippen molar-refractivity contribution < 1.29 is 4.79 Å². The van der Waals surface area contributed by atoms with Crippen molar-refractivity contribution in [3.05, 3.63) is 71.4 Å². The predicted molar refractivity (Wildman–Crippen MR) is 114 cm³/mol. The fraction of sp³-hybridized carbons (Fsp3) is 0.333. The smallest absolute Gasteiger partial charge is 0.256 e.